The molecule has 0 spiro atoms. The highest BCUT2D eigenvalue weighted by atomic mass is 16.4. The quantitative estimate of drug-likeness (QED) is 0.0627. The Morgan fingerprint density at radius 2 is 1.64 bits per heavy atom. The van der Waals surface area contributed by atoms with Crippen LogP contribution in [0.1, 0.15) is 45.1 Å². The average molecular weight is 589 g/mol. The molecule has 1 aromatic heterocycles. The lowest BCUT2D eigenvalue weighted by atomic mass is 9.96. The summed E-state index contributed by atoms with van der Waals surface area (Å²) in [5.74, 6) is -5.76. The van der Waals surface area contributed by atoms with Crippen LogP contribution in [-0.2, 0) is 30.4 Å². The van der Waals surface area contributed by atoms with Crippen LogP contribution in [0.3, 0.4) is 0 Å². The van der Waals surface area contributed by atoms with Gasteiger partial charge in [0.1, 0.15) is 18.1 Å². The summed E-state index contributed by atoms with van der Waals surface area (Å²) in [4.78, 5) is 69.3. The molecule has 2 rings (SSSR count). The number of amides is 3. The molecule has 0 saturated carbocycles. The van der Waals surface area contributed by atoms with Crippen molar-refractivity contribution in [3.8, 4) is 0 Å². The number of aromatic amines is 1. The average Bonchev–Trinajstić information content (AvgIpc) is 3.34. The molecule has 5 atom stereocenters. The topological polar surface area (TPSA) is 268 Å². The maximum atomic E-state index is 13.3. The van der Waals surface area contributed by atoms with E-state index in [0.29, 0.717) is 6.42 Å². The second kappa shape index (κ2) is 16.0. The largest absolute Gasteiger partial charge is 0.481 e. The number of aliphatic carboxylic acids is 2. The molecule has 230 valence electrons. The van der Waals surface area contributed by atoms with E-state index in [2.05, 4.69) is 25.9 Å². The van der Waals surface area contributed by atoms with Gasteiger partial charge in [0.15, 0.2) is 5.96 Å². The van der Waals surface area contributed by atoms with Crippen LogP contribution in [0.2, 0.25) is 0 Å². The van der Waals surface area contributed by atoms with E-state index in [0.717, 1.165) is 16.5 Å². The van der Waals surface area contributed by atoms with Gasteiger partial charge >= 0.3 is 11.9 Å². The number of aliphatic imine (C=N–C) groups is 1. The lowest BCUT2D eigenvalue weighted by Crippen LogP contribution is -2.59. The Hall–Kier alpha value is -4.66. The predicted molar refractivity (Wildman–Crippen MR) is 155 cm³/mol. The molecule has 2 aromatic rings. The maximum Gasteiger partial charge on any atom is 0.326 e. The number of hydrogen-bond acceptors (Lipinski definition) is 7. The standard InChI is InChI=1S/C27H40N8O7/c1-3-14(2)22(35-23(38)17(28)11-15-13-32-18-8-5-4-7-16(15)18)25(40)34-20(12-21(36)37)24(39)33-19(26(41)42)9-6-10-31-27(29)30/h4-5,7-8,13-14,17,19-20,22,32H,3,6,9-12,28H2,1-2H3,(H,33,39)(H,34,40)(H,35,38)(H,36,37)(H,41,42)(H4,29,30,31). The van der Waals surface area contributed by atoms with Gasteiger partial charge in [0, 0.05) is 23.6 Å². The van der Waals surface area contributed by atoms with Gasteiger partial charge in [0.25, 0.3) is 0 Å². The molecule has 0 aliphatic carbocycles. The van der Waals surface area contributed by atoms with Gasteiger partial charge in [-0.3, -0.25) is 24.2 Å². The number of fused-ring (bicyclic) bond motifs is 1. The number of aromatic nitrogens is 1. The Kier molecular flexibility index (Phi) is 12.7. The minimum Gasteiger partial charge on any atom is -0.481 e. The van der Waals surface area contributed by atoms with Crippen LogP contribution in [0, 0.1) is 5.92 Å². The van der Waals surface area contributed by atoms with Gasteiger partial charge in [-0.1, -0.05) is 38.5 Å². The molecule has 12 N–H and O–H groups in total. The number of para-hydroxylation sites is 1. The van der Waals surface area contributed by atoms with Crippen LogP contribution in [0.15, 0.2) is 35.5 Å². The second-order valence-electron chi connectivity index (χ2n) is 10.0. The number of nitrogens with two attached hydrogens (primary N) is 3. The molecule has 0 bridgehead atoms. The van der Waals surface area contributed by atoms with Gasteiger partial charge in [-0.25, -0.2) is 4.79 Å². The molecule has 0 radical (unpaired) electrons. The number of carboxylic acids is 2. The Labute approximate surface area is 242 Å². The van der Waals surface area contributed by atoms with E-state index in [-0.39, 0.29) is 31.8 Å². The normalized spacial score (nSPS) is 14.5. The van der Waals surface area contributed by atoms with Gasteiger partial charge in [0.2, 0.25) is 17.7 Å². The molecule has 0 fully saturated rings. The number of carboxylic acid groups (broad SMARTS) is 2. The number of carbonyl (C=O) groups excluding carboxylic acids is 3. The number of carbonyl (C=O) groups is 5. The number of H-pyrrole nitrogens is 1. The fraction of sp³-hybridized carbons (Fsp3) is 0.481. The molecule has 15 nitrogen and oxygen atoms in total. The van der Waals surface area contributed by atoms with Crippen molar-refractivity contribution in [2.75, 3.05) is 6.54 Å². The third-order valence-electron chi connectivity index (χ3n) is 6.82. The minimum atomic E-state index is -1.61. The van der Waals surface area contributed by atoms with E-state index in [1.807, 2.05) is 24.3 Å². The zero-order valence-corrected chi connectivity index (χ0v) is 23.6. The molecular weight excluding hydrogens is 548 g/mol. The van der Waals surface area contributed by atoms with Crippen molar-refractivity contribution in [3.63, 3.8) is 0 Å². The number of rotatable bonds is 17. The molecule has 0 aliphatic rings. The Bertz CT molecular complexity index is 1290. The first kappa shape index (κ1) is 33.5. The van der Waals surface area contributed by atoms with Crippen LogP contribution >= 0.6 is 0 Å². The van der Waals surface area contributed by atoms with Crippen molar-refractivity contribution >= 4 is 46.5 Å². The number of benzene rings is 1. The van der Waals surface area contributed by atoms with Crippen molar-refractivity contribution in [1.82, 2.24) is 20.9 Å². The number of guanidine groups is 1. The molecule has 1 heterocycles. The highest BCUT2D eigenvalue weighted by molar-refractivity contribution is 5.96. The van der Waals surface area contributed by atoms with Crippen molar-refractivity contribution in [3.05, 3.63) is 36.0 Å². The maximum absolute atomic E-state index is 13.3. The van der Waals surface area contributed by atoms with E-state index < -0.39 is 66.2 Å². The van der Waals surface area contributed by atoms with Crippen molar-refractivity contribution in [2.24, 2.45) is 28.1 Å². The van der Waals surface area contributed by atoms with E-state index in [1.54, 1.807) is 20.0 Å². The summed E-state index contributed by atoms with van der Waals surface area (Å²) in [6.45, 7) is 3.62. The van der Waals surface area contributed by atoms with E-state index >= 15 is 0 Å². The molecule has 15 heteroatoms. The highest BCUT2D eigenvalue weighted by Crippen LogP contribution is 2.19. The van der Waals surface area contributed by atoms with Gasteiger partial charge in [0.05, 0.1) is 12.5 Å². The number of hydrogen-bond donors (Lipinski definition) is 9. The van der Waals surface area contributed by atoms with Crippen molar-refractivity contribution in [1.29, 1.82) is 0 Å². The number of nitrogens with one attached hydrogen (secondary N) is 4. The van der Waals surface area contributed by atoms with Crippen LogP contribution in [0.5, 0.6) is 0 Å². The van der Waals surface area contributed by atoms with E-state index in [1.165, 1.54) is 0 Å². The first-order valence-corrected chi connectivity index (χ1v) is 13.6. The van der Waals surface area contributed by atoms with Crippen LogP contribution in [0.4, 0.5) is 0 Å². The van der Waals surface area contributed by atoms with Crippen molar-refractivity contribution in [2.45, 2.75) is 70.1 Å². The van der Waals surface area contributed by atoms with Gasteiger partial charge in [-0.2, -0.15) is 0 Å². The molecule has 42 heavy (non-hydrogen) atoms. The first-order valence-electron chi connectivity index (χ1n) is 13.6. The lowest BCUT2D eigenvalue weighted by Gasteiger charge is -2.27. The predicted octanol–water partition coefficient (Wildman–Crippen LogP) is -0.849. The summed E-state index contributed by atoms with van der Waals surface area (Å²) >= 11 is 0. The smallest absolute Gasteiger partial charge is 0.326 e. The first-order chi connectivity index (χ1) is 19.8. The van der Waals surface area contributed by atoms with Crippen LogP contribution < -0.4 is 33.2 Å². The monoisotopic (exact) mass is 588 g/mol. The van der Waals surface area contributed by atoms with Crippen molar-refractivity contribution < 1.29 is 34.2 Å². The summed E-state index contributed by atoms with van der Waals surface area (Å²) in [6, 6.07) is 2.39. The minimum absolute atomic E-state index is 0.0501. The second-order valence-corrected chi connectivity index (χ2v) is 10.0. The van der Waals surface area contributed by atoms with Crippen LogP contribution in [-0.4, -0.2) is 81.5 Å². The third-order valence-corrected chi connectivity index (χ3v) is 6.82. The Morgan fingerprint density at radius 1 is 0.976 bits per heavy atom. The third kappa shape index (κ3) is 10.1. The molecule has 5 unspecified atom stereocenters. The Balaban J connectivity index is 2.12. The molecule has 3 amide bonds. The van der Waals surface area contributed by atoms with Gasteiger partial charge in [-0.15, -0.1) is 0 Å². The molecule has 1 aromatic carbocycles. The van der Waals surface area contributed by atoms with Crippen LogP contribution in [0.25, 0.3) is 10.9 Å². The van der Waals surface area contributed by atoms with Gasteiger partial charge in [-0.05, 0) is 36.8 Å². The lowest BCUT2D eigenvalue weighted by molar-refractivity contribution is -0.144. The zero-order valence-electron chi connectivity index (χ0n) is 23.6. The Morgan fingerprint density at radius 3 is 2.26 bits per heavy atom. The van der Waals surface area contributed by atoms with E-state index in [9.17, 15) is 34.2 Å². The van der Waals surface area contributed by atoms with E-state index in [4.69, 9.17) is 17.2 Å². The molecular formula is C27H40N8O7. The summed E-state index contributed by atoms with van der Waals surface area (Å²) in [5, 5.41) is 27.0. The summed E-state index contributed by atoms with van der Waals surface area (Å²) in [5.41, 5.74) is 18.4. The number of nitrogens with zero attached hydrogens (tertiary/aromatic N) is 1. The van der Waals surface area contributed by atoms with Gasteiger partial charge < -0.3 is 48.3 Å². The fourth-order valence-corrected chi connectivity index (χ4v) is 4.27. The highest BCUT2D eigenvalue weighted by Gasteiger charge is 2.33. The summed E-state index contributed by atoms with van der Waals surface area (Å²) < 4.78 is 0. The fourth-order valence-electron chi connectivity index (χ4n) is 4.27. The zero-order chi connectivity index (χ0) is 31.4. The SMILES string of the molecule is CCC(C)C(NC(=O)C(N)Cc1c[nH]c2ccccc12)C(=O)NC(CC(=O)O)C(=O)NC(CCCN=C(N)N)C(=O)O. The summed E-state index contributed by atoms with van der Waals surface area (Å²) in [6.07, 6.45) is 1.75. The molecule has 0 saturated heterocycles. The summed E-state index contributed by atoms with van der Waals surface area (Å²) in [7, 11) is 0. The molecule has 0 aliphatic heterocycles.